The van der Waals surface area contributed by atoms with Crippen LogP contribution >= 0.6 is 0 Å². The second-order valence-electron chi connectivity index (χ2n) is 6.33. The highest BCUT2D eigenvalue weighted by atomic mass is 32.2. The molecule has 0 radical (unpaired) electrons. The second kappa shape index (κ2) is 6.02. The van der Waals surface area contributed by atoms with E-state index in [4.69, 9.17) is 0 Å². The maximum atomic E-state index is 12.6. The summed E-state index contributed by atoms with van der Waals surface area (Å²) in [5.41, 5.74) is -0.335. The van der Waals surface area contributed by atoms with Crippen molar-refractivity contribution in [3.05, 3.63) is 0 Å². The Kier molecular flexibility index (Phi) is 4.74. The molecule has 2 fully saturated rings. The van der Waals surface area contributed by atoms with Gasteiger partial charge in [0.1, 0.15) is 0 Å². The van der Waals surface area contributed by atoms with E-state index in [0.717, 1.165) is 32.1 Å². The van der Waals surface area contributed by atoms with Gasteiger partial charge in [-0.2, -0.15) is 0 Å². The predicted octanol–water partition coefficient (Wildman–Crippen LogP) is 1.28. The molecule has 2 unspecified atom stereocenters. The Morgan fingerprint density at radius 3 is 2.60 bits per heavy atom. The zero-order chi connectivity index (χ0) is 14.8. The van der Waals surface area contributed by atoms with Crippen LogP contribution in [0.2, 0.25) is 0 Å². The molecule has 0 aliphatic heterocycles. The number of methoxy groups -OCH3 is 1. The fourth-order valence-electron chi connectivity index (χ4n) is 3.21. The number of rotatable bonds is 6. The Balaban J connectivity index is 1.98. The first-order chi connectivity index (χ1) is 9.41. The normalized spacial score (nSPS) is 28.9. The van der Waals surface area contributed by atoms with Gasteiger partial charge in [0.15, 0.2) is 9.84 Å². The minimum Gasteiger partial charge on any atom is -0.469 e. The monoisotopic (exact) mass is 303 g/mol. The average molecular weight is 303 g/mol. The molecule has 2 atom stereocenters. The first kappa shape index (κ1) is 15.8. The molecule has 0 aromatic carbocycles. The number of esters is 1. The van der Waals surface area contributed by atoms with Crippen LogP contribution in [0.25, 0.3) is 0 Å². The summed E-state index contributed by atoms with van der Waals surface area (Å²) in [6.07, 6.45) is 5.36. The summed E-state index contributed by atoms with van der Waals surface area (Å²) >= 11 is 0. The van der Waals surface area contributed by atoms with Crippen molar-refractivity contribution in [1.29, 1.82) is 0 Å². The smallest absolute Gasteiger partial charge is 0.306 e. The Morgan fingerprint density at radius 1 is 1.35 bits per heavy atom. The topological polar surface area (TPSA) is 72.5 Å². The van der Waals surface area contributed by atoms with E-state index in [2.05, 4.69) is 10.1 Å². The van der Waals surface area contributed by atoms with Crippen molar-refractivity contribution in [2.75, 3.05) is 19.9 Å². The van der Waals surface area contributed by atoms with Gasteiger partial charge in [0.25, 0.3) is 0 Å². The van der Waals surface area contributed by atoms with E-state index in [1.54, 1.807) is 0 Å². The highest BCUT2D eigenvalue weighted by molar-refractivity contribution is 7.92. The predicted molar refractivity (Wildman–Crippen MR) is 77.2 cm³/mol. The van der Waals surface area contributed by atoms with Gasteiger partial charge in [-0.25, -0.2) is 8.42 Å². The van der Waals surface area contributed by atoms with Crippen LogP contribution in [0.5, 0.6) is 0 Å². The molecule has 0 heterocycles. The summed E-state index contributed by atoms with van der Waals surface area (Å²) in [4.78, 5) is 11.4. The maximum absolute atomic E-state index is 12.6. The highest BCUT2D eigenvalue weighted by Crippen LogP contribution is 2.50. The number of carbonyl (C=O) groups excluding carboxylic acids is 1. The molecule has 0 bridgehead atoms. The summed E-state index contributed by atoms with van der Waals surface area (Å²) in [5.74, 6) is -0.148. The zero-order valence-electron chi connectivity index (χ0n) is 12.4. The Morgan fingerprint density at radius 2 is 2.05 bits per heavy atom. The third-order valence-electron chi connectivity index (χ3n) is 4.75. The molecule has 0 amide bonds. The van der Waals surface area contributed by atoms with Crippen LogP contribution in [0.15, 0.2) is 0 Å². The summed E-state index contributed by atoms with van der Waals surface area (Å²) in [7, 11) is 0.118. The molecule has 0 aromatic heterocycles. The molecule has 6 heteroatoms. The van der Waals surface area contributed by atoms with E-state index in [1.807, 2.05) is 7.05 Å². The minimum absolute atomic E-state index is 0.149. The van der Waals surface area contributed by atoms with Crippen LogP contribution in [0.3, 0.4) is 0 Å². The second-order valence-corrected chi connectivity index (χ2v) is 8.62. The minimum atomic E-state index is -3.12. The van der Waals surface area contributed by atoms with Gasteiger partial charge in [0, 0.05) is 6.04 Å². The molecule has 0 spiro atoms. The number of hydrogen-bond donors (Lipinski definition) is 1. The first-order valence-electron chi connectivity index (χ1n) is 7.36. The zero-order valence-corrected chi connectivity index (χ0v) is 13.2. The molecule has 2 rings (SSSR count). The number of nitrogens with one attached hydrogen (secondary N) is 1. The van der Waals surface area contributed by atoms with Crippen molar-refractivity contribution in [1.82, 2.24) is 5.32 Å². The summed E-state index contributed by atoms with van der Waals surface area (Å²) in [6.45, 7) is 0. The van der Waals surface area contributed by atoms with Gasteiger partial charge in [-0.1, -0.05) is 6.42 Å². The molecule has 20 heavy (non-hydrogen) atoms. The Hall–Kier alpha value is -0.620. The number of carbonyl (C=O) groups is 1. The third kappa shape index (κ3) is 3.73. The number of hydrogen-bond acceptors (Lipinski definition) is 5. The van der Waals surface area contributed by atoms with Gasteiger partial charge in [0.2, 0.25) is 0 Å². The number of sulfone groups is 1. The lowest BCUT2D eigenvalue weighted by Gasteiger charge is -2.29. The van der Waals surface area contributed by atoms with Gasteiger partial charge in [-0.3, -0.25) is 4.79 Å². The summed E-state index contributed by atoms with van der Waals surface area (Å²) in [6, 6.07) is 0.305. The van der Waals surface area contributed by atoms with E-state index in [-0.39, 0.29) is 28.8 Å². The number of ether oxygens (including phenoxy) is 1. The van der Waals surface area contributed by atoms with Gasteiger partial charge < -0.3 is 10.1 Å². The summed E-state index contributed by atoms with van der Waals surface area (Å²) in [5, 5.41) is 2.94. The van der Waals surface area contributed by atoms with Crippen molar-refractivity contribution in [3.8, 4) is 0 Å². The molecule has 116 valence electrons. The molecular weight excluding hydrogens is 278 g/mol. The third-order valence-corrected chi connectivity index (χ3v) is 7.21. The molecule has 0 aromatic rings. The lowest BCUT2D eigenvalue weighted by molar-refractivity contribution is -0.141. The van der Waals surface area contributed by atoms with Crippen LogP contribution in [-0.2, 0) is 19.4 Å². The van der Waals surface area contributed by atoms with Crippen LogP contribution in [0, 0.1) is 5.41 Å². The first-order valence-corrected chi connectivity index (χ1v) is 9.08. The van der Waals surface area contributed by atoms with Crippen molar-refractivity contribution in [3.63, 3.8) is 0 Å². The van der Waals surface area contributed by atoms with E-state index in [1.165, 1.54) is 7.11 Å². The highest BCUT2D eigenvalue weighted by Gasteiger charge is 2.49. The van der Waals surface area contributed by atoms with Gasteiger partial charge in [-0.15, -0.1) is 0 Å². The van der Waals surface area contributed by atoms with Crippen LogP contribution in [0.1, 0.15) is 44.9 Å². The standard InChI is InChI=1S/C14H25NO4S/c1-15-11-4-3-5-12(8-11)20(17,18)10-14(6-7-14)9-13(16)19-2/h11-12,15H,3-10H2,1-2H3. The van der Waals surface area contributed by atoms with Crippen LogP contribution in [-0.4, -0.2) is 45.6 Å². The average Bonchev–Trinajstić information content (AvgIpc) is 3.17. The van der Waals surface area contributed by atoms with Gasteiger partial charge >= 0.3 is 5.97 Å². The van der Waals surface area contributed by atoms with Gasteiger partial charge in [0.05, 0.1) is 24.5 Å². The van der Waals surface area contributed by atoms with E-state index >= 15 is 0 Å². The fourth-order valence-corrected chi connectivity index (χ4v) is 5.74. The quantitative estimate of drug-likeness (QED) is 0.748. The molecule has 2 saturated carbocycles. The molecule has 2 aliphatic rings. The van der Waals surface area contributed by atoms with E-state index in [9.17, 15) is 13.2 Å². The maximum Gasteiger partial charge on any atom is 0.306 e. The SMILES string of the molecule is CNC1CCCC(S(=O)(=O)CC2(CC(=O)OC)CC2)C1. The lowest BCUT2D eigenvalue weighted by atomic mass is 9.95. The summed E-state index contributed by atoms with van der Waals surface area (Å²) < 4.78 is 29.9. The molecule has 2 aliphatic carbocycles. The van der Waals surface area contributed by atoms with E-state index < -0.39 is 9.84 Å². The Bertz CT molecular complexity index is 456. The molecule has 5 nitrogen and oxygen atoms in total. The van der Waals surface area contributed by atoms with Gasteiger partial charge in [-0.05, 0) is 44.6 Å². The lowest BCUT2D eigenvalue weighted by Crippen LogP contribution is -2.39. The van der Waals surface area contributed by atoms with Crippen molar-refractivity contribution in [2.45, 2.75) is 56.2 Å². The fraction of sp³-hybridized carbons (Fsp3) is 0.929. The van der Waals surface area contributed by atoms with Crippen molar-refractivity contribution in [2.24, 2.45) is 5.41 Å². The van der Waals surface area contributed by atoms with E-state index in [0.29, 0.717) is 12.5 Å². The van der Waals surface area contributed by atoms with Crippen LogP contribution in [0.4, 0.5) is 0 Å². The molecule has 0 saturated heterocycles. The molecular formula is C14H25NO4S. The molecule has 1 N–H and O–H groups in total. The largest absolute Gasteiger partial charge is 0.469 e. The van der Waals surface area contributed by atoms with Crippen molar-refractivity contribution >= 4 is 15.8 Å². The van der Waals surface area contributed by atoms with Crippen molar-refractivity contribution < 1.29 is 17.9 Å². The Labute approximate surface area is 121 Å². The van der Waals surface area contributed by atoms with Crippen LogP contribution < -0.4 is 5.32 Å².